The van der Waals surface area contributed by atoms with Gasteiger partial charge in [0.25, 0.3) is 0 Å². The number of hydrogen-bond donors (Lipinski definition) is 0. The fourth-order valence-electron chi connectivity index (χ4n) is 2.77. The lowest BCUT2D eigenvalue weighted by Crippen LogP contribution is -2.31. The van der Waals surface area contributed by atoms with Crippen LogP contribution in [-0.2, 0) is 17.8 Å². The molecule has 0 N–H and O–H groups in total. The van der Waals surface area contributed by atoms with E-state index >= 15 is 0 Å². The number of fused-ring (bicyclic) bond motifs is 1. The lowest BCUT2D eigenvalue weighted by molar-refractivity contribution is 0.116. The molecule has 1 aliphatic heterocycles. The van der Waals surface area contributed by atoms with Gasteiger partial charge in [0.15, 0.2) is 0 Å². The van der Waals surface area contributed by atoms with Gasteiger partial charge in [-0.15, -0.1) is 0 Å². The van der Waals surface area contributed by atoms with E-state index in [1.165, 1.54) is 25.2 Å². The van der Waals surface area contributed by atoms with Gasteiger partial charge in [-0.2, -0.15) is 0 Å². The predicted octanol–water partition coefficient (Wildman–Crippen LogP) is 1.37. The smallest absolute Gasteiger partial charge is 0.122 e. The van der Waals surface area contributed by atoms with E-state index in [1.54, 1.807) is 7.11 Å². The molecule has 0 saturated heterocycles. The Kier molecular flexibility index (Phi) is 3.16. The Morgan fingerprint density at radius 3 is 3.00 bits per heavy atom. The lowest BCUT2D eigenvalue weighted by atomic mass is 10.1. The summed E-state index contributed by atoms with van der Waals surface area (Å²) in [7, 11) is 1.80. The van der Waals surface area contributed by atoms with E-state index in [0.29, 0.717) is 5.92 Å². The van der Waals surface area contributed by atoms with Crippen LogP contribution < -0.4 is 0 Å². The second-order valence-corrected chi connectivity index (χ2v) is 5.45. The first-order valence-electron chi connectivity index (χ1n) is 6.56. The summed E-state index contributed by atoms with van der Waals surface area (Å²) in [5.41, 5.74) is 0. The summed E-state index contributed by atoms with van der Waals surface area (Å²) in [5.74, 6) is 2.75. The standard InChI is InChI=1S/C13H21N3O/c1-17-10-12-7-15(6-11-2-3-11)9-13-14-4-5-16(13)8-12/h4-5,11-12H,2-3,6-10H2,1H3/t12-/m0/s1. The molecule has 0 aromatic carbocycles. The summed E-state index contributed by atoms with van der Waals surface area (Å²) in [6.07, 6.45) is 6.85. The molecule has 1 aliphatic carbocycles. The van der Waals surface area contributed by atoms with Crippen molar-refractivity contribution in [2.24, 2.45) is 11.8 Å². The molecule has 1 fully saturated rings. The van der Waals surface area contributed by atoms with E-state index in [2.05, 4.69) is 20.6 Å². The van der Waals surface area contributed by atoms with Crippen LogP contribution in [0.4, 0.5) is 0 Å². The zero-order valence-corrected chi connectivity index (χ0v) is 10.5. The summed E-state index contributed by atoms with van der Waals surface area (Å²) in [6.45, 7) is 5.29. The van der Waals surface area contributed by atoms with Crippen LogP contribution >= 0.6 is 0 Å². The highest BCUT2D eigenvalue weighted by Gasteiger charge is 2.28. The number of aromatic nitrogens is 2. The summed E-state index contributed by atoms with van der Waals surface area (Å²) in [5, 5.41) is 0. The molecule has 2 heterocycles. The first-order chi connectivity index (χ1) is 8.35. The van der Waals surface area contributed by atoms with Crippen LogP contribution in [-0.4, -0.2) is 41.3 Å². The number of methoxy groups -OCH3 is 1. The van der Waals surface area contributed by atoms with Crippen molar-refractivity contribution in [1.82, 2.24) is 14.5 Å². The summed E-state index contributed by atoms with van der Waals surface area (Å²) < 4.78 is 7.63. The van der Waals surface area contributed by atoms with Crippen molar-refractivity contribution in [2.45, 2.75) is 25.9 Å². The molecule has 1 atom stereocenters. The van der Waals surface area contributed by atoms with Crippen molar-refractivity contribution in [1.29, 1.82) is 0 Å². The summed E-state index contributed by atoms with van der Waals surface area (Å²) in [4.78, 5) is 7.03. The molecule has 0 amide bonds. The van der Waals surface area contributed by atoms with Crippen LogP contribution in [0.2, 0.25) is 0 Å². The largest absolute Gasteiger partial charge is 0.384 e. The molecule has 17 heavy (non-hydrogen) atoms. The molecule has 0 bridgehead atoms. The molecule has 0 unspecified atom stereocenters. The van der Waals surface area contributed by atoms with Gasteiger partial charge < -0.3 is 9.30 Å². The van der Waals surface area contributed by atoms with Crippen LogP contribution in [0.1, 0.15) is 18.7 Å². The second-order valence-electron chi connectivity index (χ2n) is 5.45. The third kappa shape index (κ3) is 2.69. The van der Waals surface area contributed by atoms with Gasteiger partial charge in [-0.25, -0.2) is 4.98 Å². The Bertz CT molecular complexity index is 372. The quantitative estimate of drug-likeness (QED) is 0.789. The van der Waals surface area contributed by atoms with Crippen molar-refractivity contribution in [3.05, 3.63) is 18.2 Å². The number of nitrogens with zero attached hydrogens (tertiary/aromatic N) is 3. The van der Waals surface area contributed by atoms with Crippen LogP contribution in [0.3, 0.4) is 0 Å². The Morgan fingerprint density at radius 1 is 1.35 bits per heavy atom. The van der Waals surface area contributed by atoms with Crippen LogP contribution in [0.15, 0.2) is 12.4 Å². The number of ether oxygens (including phenoxy) is 1. The minimum Gasteiger partial charge on any atom is -0.384 e. The van der Waals surface area contributed by atoms with Crippen molar-refractivity contribution < 1.29 is 4.74 Å². The van der Waals surface area contributed by atoms with Crippen molar-refractivity contribution >= 4 is 0 Å². The number of hydrogen-bond acceptors (Lipinski definition) is 3. The van der Waals surface area contributed by atoms with Gasteiger partial charge in [0.1, 0.15) is 5.82 Å². The average molecular weight is 235 g/mol. The van der Waals surface area contributed by atoms with Gasteiger partial charge in [0, 0.05) is 45.1 Å². The maximum atomic E-state index is 5.34. The van der Waals surface area contributed by atoms with Crippen LogP contribution in [0.5, 0.6) is 0 Å². The van der Waals surface area contributed by atoms with E-state index in [9.17, 15) is 0 Å². The highest BCUT2D eigenvalue weighted by molar-refractivity contribution is 4.96. The monoisotopic (exact) mass is 235 g/mol. The molecule has 0 radical (unpaired) electrons. The Labute approximate surface area is 103 Å². The zero-order valence-electron chi connectivity index (χ0n) is 10.5. The maximum absolute atomic E-state index is 5.34. The van der Waals surface area contributed by atoms with Gasteiger partial charge >= 0.3 is 0 Å². The third-order valence-corrected chi connectivity index (χ3v) is 3.75. The molecule has 1 aromatic heterocycles. The van der Waals surface area contributed by atoms with Gasteiger partial charge in [0.2, 0.25) is 0 Å². The number of imidazole rings is 1. The topological polar surface area (TPSA) is 30.3 Å². The first kappa shape index (κ1) is 11.2. The van der Waals surface area contributed by atoms with Crippen LogP contribution in [0, 0.1) is 11.8 Å². The number of rotatable bonds is 4. The zero-order chi connectivity index (χ0) is 11.7. The van der Waals surface area contributed by atoms with Crippen LogP contribution in [0.25, 0.3) is 0 Å². The Balaban J connectivity index is 1.72. The molecule has 2 aliphatic rings. The predicted molar refractivity (Wildman–Crippen MR) is 65.6 cm³/mol. The minimum absolute atomic E-state index is 0.592. The normalized spacial score (nSPS) is 25.6. The minimum atomic E-state index is 0.592. The maximum Gasteiger partial charge on any atom is 0.122 e. The first-order valence-corrected chi connectivity index (χ1v) is 6.56. The van der Waals surface area contributed by atoms with Crippen molar-refractivity contribution in [2.75, 3.05) is 26.8 Å². The molecular weight excluding hydrogens is 214 g/mol. The molecule has 4 nitrogen and oxygen atoms in total. The molecular formula is C13H21N3O. The highest BCUT2D eigenvalue weighted by Crippen LogP contribution is 2.31. The average Bonchev–Trinajstić information content (AvgIpc) is 3.04. The molecule has 94 valence electrons. The van der Waals surface area contributed by atoms with Crippen molar-refractivity contribution in [3.63, 3.8) is 0 Å². The fraction of sp³-hybridized carbons (Fsp3) is 0.769. The summed E-state index contributed by atoms with van der Waals surface area (Å²) in [6, 6.07) is 0. The molecule has 4 heteroatoms. The molecule has 1 saturated carbocycles. The lowest BCUT2D eigenvalue weighted by Gasteiger charge is -2.23. The van der Waals surface area contributed by atoms with E-state index in [-0.39, 0.29) is 0 Å². The van der Waals surface area contributed by atoms with E-state index in [1.807, 2.05) is 6.20 Å². The second kappa shape index (κ2) is 4.78. The third-order valence-electron chi connectivity index (χ3n) is 3.75. The van der Waals surface area contributed by atoms with Gasteiger partial charge in [-0.3, -0.25) is 4.90 Å². The summed E-state index contributed by atoms with van der Waals surface area (Å²) >= 11 is 0. The van der Waals surface area contributed by atoms with E-state index < -0.39 is 0 Å². The van der Waals surface area contributed by atoms with Gasteiger partial charge in [0.05, 0.1) is 13.2 Å². The fourth-order valence-corrected chi connectivity index (χ4v) is 2.77. The highest BCUT2D eigenvalue weighted by atomic mass is 16.5. The Morgan fingerprint density at radius 2 is 2.24 bits per heavy atom. The van der Waals surface area contributed by atoms with Gasteiger partial charge in [-0.1, -0.05) is 0 Å². The van der Waals surface area contributed by atoms with Crippen molar-refractivity contribution in [3.8, 4) is 0 Å². The SMILES string of the molecule is COC[C@H]1CN(CC2CC2)Cc2nccn2C1. The molecule has 1 aromatic rings. The van der Waals surface area contributed by atoms with E-state index in [0.717, 1.165) is 32.2 Å². The Hall–Kier alpha value is -0.870. The van der Waals surface area contributed by atoms with Gasteiger partial charge in [-0.05, 0) is 18.8 Å². The molecule has 3 rings (SSSR count). The molecule has 0 spiro atoms. The van der Waals surface area contributed by atoms with E-state index in [4.69, 9.17) is 4.74 Å².